The van der Waals surface area contributed by atoms with Gasteiger partial charge in [0.1, 0.15) is 6.29 Å². The third-order valence-corrected chi connectivity index (χ3v) is 6.32. The molecule has 6 N–H and O–H groups in total. The van der Waals surface area contributed by atoms with Gasteiger partial charge in [-0.1, -0.05) is 26.3 Å². The van der Waals surface area contributed by atoms with Gasteiger partial charge in [0.15, 0.2) is 0 Å². The SMILES string of the molecule is C=C1N[C@H]2C(CCCCC(=O)NCCCC)SC[C@@]2(C)N1.NNCC=O. The molecule has 2 saturated heterocycles. The molecule has 0 radical (unpaired) electrons. The second-order valence-electron chi connectivity index (χ2n) is 7.02. The number of carbonyl (C=O) groups is 2. The van der Waals surface area contributed by atoms with Crippen LogP contribution >= 0.6 is 11.8 Å². The van der Waals surface area contributed by atoms with Crippen LogP contribution < -0.4 is 27.2 Å². The Hall–Kier alpha value is -1.25. The van der Waals surface area contributed by atoms with E-state index < -0.39 is 0 Å². The topological polar surface area (TPSA) is 108 Å². The van der Waals surface area contributed by atoms with E-state index in [0.29, 0.717) is 24.0 Å². The molecule has 2 aliphatic heterocycles. The van der Waals surface area contributed by atoms with E-state index >= 15 is 0 Å². The van der Waals surface area contributed by atoms with Crippen LogP contribution in [0, 0.1) is 0 Å². The van der Waals surface area contributed by atoms with Crippen LogP contribution in [0.2, 0.25) is 0 Å². The van der Waals surface area contributed by atoms with Crippen molar-refractivity contribution in [2.75, 3.05) is 18.8 Å². The van der Waals surface area contributed by atoms with Gasteiger partial charge in [-0.05, 0) is 26.2 Å². The number of fused-ring (bicyclic) bond motifs is 1. The average molecular weight is 386 g/mol. The number of aldehydes is 1. The smallest absolute Gasteiger partial charge is 0.219 e. The molecule has 3 atom stereocenters. The summed E-state index contributed by atoms with van der Waals surface area (Å²) in [6.07, 6.45) is 6.86. The fraction of sp³-hybridized carbons (Fsp3) is 0.778. The summed E-state index contributed by atoms with van der Waals surface area (Å²) in [6.45, 7) is 9.46. The number of hydrogen-bond donors (Lipinski definition) is 5. The second-order valence-corrected chi connectivity index (χ2v) is 8.24. The zero-order valence-electron chi connectivity index (χ0n) is 16.1. The zero-order chi connectivity index (χ0) is 19.4. The Morgan fingerprint density at radius 2 is 2.23 bits per heavy atom. The second kappa shape index (κ2) is 12.2. The summed E-state index contributed by atoms with van der Waals surface area (Å²) in [7, 11) is 0. The fourth-order valence-corrected chi connectivity index (χ4v) is 4.94. The Morgan fingerprint density at radius 1 is 1.46 bits per heavy atom. The lowest BCUT2D eigenvalue weighted by atomic mass is 9.92. The molecule has 2 heterocycles. The number of unbranched alkanes of at least 4 members (excludes halogenated alkanes) is 2. The summed E-state index contributed by atoms with van der Waals surface area (Å²) < 4.78 is 0. The van der Waals surface area contributed by atoms with Crippen molar-refractivity contribution in [3.8, 4) is 0 Å². The van der Waals surface area contributed by atoms with Gasteiger partial charge in [0.25, 0.3) is 0 Å². The van der Waals surface area contributed by atoms with Gasteiger partial charge in [-0.15, -0.1) is 0 Å². The van der Waals surface area contributed by atoms with Crippen molar-refractivity contribution in [1.82, 2.24) is 21.4 Å². The largest absolute Gasteiger partial charge is 0.366 e. The van der Waals surface area contributed by atoms with Crippen LogP contribution in [0.4, 0.5) is 0 Å². The molecule has 0 aromatic carbocycles. The van der Waals surface area contributed by atoms with Crippen LogP contribution in [0.3, 0.4) is 0 Å². The van der Waals surface area contributed by atoms with E-state index in [9.17, 15) is 9.59 Å². The number of nitrogens with one attached hydrogen (secondary N) is 4. The van der Waals surface area contributed by atoms with E-state index in [1.54, 1.807) is 0 Å². The lowest BCUT2D eigenvalue weighted by Crippen LogP contribution is -2.47. The van der Waals surface area contributed by atoms with Crippen LogP contribution in [-0.2, 0) is 9.59 Å². The Balaban J connectivity index is 0.000000597. The maximum Gasteiger partial charge on any atom is 0.219 e. The zero-order valence-corrected chi connectivity index (χ0v) is 16.9. The molecule has 0 bridgehead atoms. The number of hydrogen-bond acceptors (Lipinski definition) is 7. The Morgan fingerprint density at radius 3 is 2.85 bits per heavy atom. The van der Waals surface area contributed by atoms with Gasteiger partial charge in [-0.25, -0.2) is 0 Å². The molecule has 0 spiro atoms. The van der Waals surface area contributed by atoms with Gasteiger partial charge in [0.2, 0.25) is 5.91 Å². The molecule has 7 nitrogen and oxygen atoms in total. The molecule has 2 rings (SSSR count). The predicted octanol–water partition coefficient (Wildman–Crippen LogP) is 1.02. The molecule has 1 unspecified atom stereocenters. The fourth-order valence-electron chi connectivity index (χ4n) is 3.23. The molecular formula is C18H35N5O2S. The molecule has 0 aromatic rings. The van der Waals surface area contributed by atoms with E-state index in [-0.39, 0.29) is 18.0 Å². The third-order valence-electron chi connectivity index (χ3n) is 4.62. The van der Waals surface area contributed by atoms with E-state index in [0.717, 1.165) is 43.8 Å². The molecule has 26 heavy (non-hydrogen) atoms. The molecule has 0 saturated carbocycles. The summed E-state index contributed by atoms with van der Waals surface area (Å²) >= 11 is 2.04. The van der Waals surface area contributed by atoms with E-state index in [1.807, 2.05) is 11.8 Å². The van der Waals surface area contributed by atoms with Crippen molar-refractivity contribution in [2.24, 2.45) is 5.84 Å². The predicted molar refractivity (Wildman–Crippen MR) is 108 cm³/mol. The molecular weight excluding hydrogens is 350 g/mol. The first-order chi connectivity index (χ1) is 12.5. The highest BCUT2D eigenvalue weighted by molar-refractivity contribution is 8.00. The molecule has 0 aliphatic carbocycles. The van der Waals surface area contributed by atoms with Gasteiger partial charge in [-0.3, -0.25) is 16.1 Å². The highest BCUT2D eigenvalue weighted by Crippen LogP contribution is 2.40. The minimum Gasteiger partial charge on any atom is -0.366 e. The highest BCUT2D eigenvalue weighted by Gasteiger charge is 2.49. The Bertz CT molecular complexity index is 463. The Kier molecular flexibility index (Phi) is 10.7. The number of hydrazine groups is 1. The molecule has 1 amide bonds. The molecule has 8 heteroatoms. The molecule has 0 aromatic heterocycles. The van der Waals surface area contributed by atoms with Crippen molar-refractivity contribution in [1.29, 1.82) is 0 Å². The minimum absolute atomic E-state index is 0.157. The first kappa shape index (κ1) is 22.8. The van der Waals surface area contributed by atoms with Gasteiger partial charge < -0.3 is 20.7 Å². The lowest BCUT2D eigenvalue weighted by molar-refractivity contribution is -0.121. The number of carbonyl (C=O) groups excluding carboxylic acids is 2. The normalized spacial score (nSPS) is 26.2. The van der Waals surface area contributed by atoms with Gasteiger partial charge >= 0.3 is 0 Å². The van der Waals surface area contributed by atoms with E-state index in [1.165, 1.54) is 6.42 Å². The first-order valence-corrected chi connectivity index (χ1v) is 10.5. The molecule has 2 fully saturated rings. The summed E-state index contributed by atoms with van der Waals surface area (Å²) in [6, 6.07) is 0.480. The van der Waals surface area contributed by atoms with Crippen LogP contribution in [0.25, 0.3) is 0 Å². The number of rotatable bonds is 10. The van der Waals surface area contributed by atoms with Crippen LogP contribution in [-0.4, -0.2) is 47.9 Å². The van der Waals surface area contributed by atoms with Gasteiger partial charge in [0.05, 0.1) is 23.9 Å². The van der Waals surface area contributed by atoms with E-state index in [4.69, 9.17) is 0 Å². The minimum atomic E-state index is 0.157. The monoisotopic (exact) mass is 385 g/mol. The van der Waals surface area contributed by atoms with Crippen molar-refractivity contribution < 1.29 is 9.59 Å². The van der Waals surface area contributed by atoms with E-state index in [2.05, 4.69) is 47.6 Å². The quantitative estimate of drug-likeness (QED) is 0.165. The van der Waals surface area contributed by atoms with Crippen LogP contribution in [0.15, 0.2) is 12.4 Å². The molecule has 150 valence electrons. The maximum atomic E-state index is 11.6. The van der Waals surface area contributed by atoms with Gasteiger partial charge in [0, 0.05) is 24.0 Å². The number of amides is 1. The highest BCUT2D eigenvalue weighted by atomic mass is 32.2. The summed E-state index contributed by atoms with van der Waals surface area (Å²) in [5, 5.41) is 10.6. The van der Waals surface area contributed by atoms with Crippen molar-refractivity contribution in [3.63, 3.8) is 0 Å². The van der Waals surface area contributed by atoms with Gasteiger partial charge in [-0.2, -0.15) is 11.8 Å². The summed E-state index contributed by atoms with van der Waals surface area (Å²) in [4.78, 5) is 20.9. The van der Waals surface area contributed by atoms with Crippen molar-refractivity contribution in [2.45, 2.75) is 69.2 Å². The lowest BCUT2D eigenvalue weighted by Gasteiger charge is -2.24. The van der Waals surface area contributed by atoms with Crippen LogP contribution in [0.5, 0.6) is 0 Å². The van der Waals surface area contributed by atoms with Crippen LogP contribution in [0.1, 0.15) is 52.4 Å². The summed E-state index contributed by atoms with van der Waals surface area (Å²) in [5.74, 6) is 6.96. The Labute approximate surface area is 161 Å². The maximum absolute atomic E-state index is 11.6. The van der Waals surface area contributed by atoms with Crippen molar-refractivity contribution in [3.05, 3.63) is 12.4 Å². The van der Waals surface area contributed by atoms with Crippen molar-refractivity contribution >= 4 is 24.0 Å². The molecule has 2 aliphatic rings. The summed E-state index contributed by atoms with van der Waals surface area (Å²) in [5.41, 5.74) is 2.31. The third kappa shape index (κ3) is 7.55. The first-order valence-electron chi connectivity index (χ1n) is 9.45. The average Bonchev–Trinajstić information content (AvgIpc) is 3.05. The number of nitrogens with two attached hydrogens (primary N) is 1. The number of thioether (sulfide) groups is 1. The standard InChI is InChI=1S/C16H29N3OS.C2H6N2O/c1-4-5-10-17-14(20)9-7-6-8-13-15-16(3,11-21-13)19-12(2)18-15;3-4-1-2-5/h13,15,18-19H,2,4-11H2,1,3H3,(H,17,20);2,4H,1,3H2/t13?,15-,16+;/m0./s1.